The second-order valence-corrected chi connectivity index (χ2v) is 5.73. The van der Waals surface area contributed by atoms with Gasteiger partial charge in [-0.15, -0.1) is 11.3 Å². The zero-order chi connectivity index (χ0) is 13.0. The van der Waals surface area contributed by atoms with Gasteiger partial charge in [0.1, 0.15) is 6.04 Å². The van der Waals surface area contributed by atoms with Crippen molar-refractivity contribution < 1.29 is 4.79 Å². The molecule has 0 radical (unpaired) electrons. The topological polar surface area (TPSA) is 55.1 Å². The first kappa shape index (κ1) is 13.3. The van der Waals surface area contributed by atoms with Crippen molar-refractivity contribution in [2.24, 2.45) is 5.73 Å². The molecule has 1 amide bonds. The largest absolute Gasteiger partial charge is 0.368 e. The van der Waals surface area contributed by atoms with Gasteiger partial charge in [0.15, 0.2) is 0 Å². The first-order valence-corrected chi connectivity index (χ1v) is 7.14. The number of carbonyl (C=O) groups excluding carboxylic acids is 1. The zero-order valence-electron chi connectivity index (χ0n) is 9.60. The van der Waals surface area contributed by atoms with Crippen molar-refractivity contribution in [3.63, 3.8) is 0 Å². The molecule has 0 bridgehead atoms. The van der Waals surface area contributed by atoms with E-state index >= 15 is 0 Å². The molecule has 0 fully saturated rings. The molecule has 18 heavy (non-hydrogen) atoms. The fourth-order valence-electron chi connectivity index (χ4n) is 1.64. The van der Waals surface area contributed by atoms with Gasteiger partial charge in [-0.3, -0.25) is 10.1 Å². The van der Waals surface area contributed by atoms with Crippen molar-refractivity contribution in [1.29, 1.82) is 0 Å². The van der Waals surface area contributed by atoms with Crippen LogP contribution < -0.4 is 11.1 Å². The van der Waals surface area contributed by atoms with Gasteiger partial charge in [-0.25, -0.2) is 0 Å². The summed E-state index contributed by atoms with van der Waals surface area (Å²) in [4.78, 5) is 12.4. The van der Waals surface area contributed by atoms with E-state index in [1.807, 2.05) is 41.8 Å². The molecule has 3 nitrogen and oxygen atoms in total. The third-order valence-corrected chi connectivity index (χ3v) is 4.27. The molecule has 1 aromatic heterocycles. The van der Waals surface area contributed by atoms with Crippen molar-refractivity contribution >= 4 is 33.2 Å². The quantitative estimate of drug-likeness (QED) is 0.888. The van der Waals surface area contributed by atoms with Crippen LogP contribution in [-0.2, 0) is 11.3 Å². The summed E-state index contributed by atoms with van der Waals surface area (Å²) in [6, 6.07) is 11.4. The molecular formula is C13H13BrN2OS. The summed E-state index contributed by atoms with van der Waals surface area (Å²) in [7, 11) is 0. The number of thiophene rings is 1. The van der Waals surface area contributed by atoms with E-state index in [0.29, 0.717) is 6.54 Å². The van der Waals surface area contributed by atoms with Crippen molar-refractivity contribution in [3.8, 4) is 0 Å². The number of amides is 1. The summed E-state index contributed by atoms with van der Waals surface area (Å²) >= 11 is 4.89. The first-order chi connectivity index (χ1) is 8.66. The summed E-state index contributed by atoms with van der Waals surface area (Å²) in [6.07, 6.45) is 0. The number of nitrogens with two attached hydrogens (primary N) is 1. The number of primary amides is 1. The molecule has 0 saturated carbocycles. The summed E-state index contributed by atoms with van der Waals surface area (Å²) in [5.74, 6) is -0.361. The third kappa shape index (κ3) is 3.41. The van der Waals surface area contributed by atoms with Crippen molar-refractivity contribution in [2.45, 2.75) is 12.6 Å². The van der Waals surface area contributed by atoms with Crippen LogP contribution in [-0.4, -0.2) is 5.91 Å². The minimum Gasteiger partial charge on any atom is -0.368 e. The van der Waals surface area contributed by atoms with Crippen molar-refractivity contribution in [3.05, 3.63) is 56.7 Å². The molecular weight excluding hydrogens is 312 g/mol. The zero-order valence-corrected chi connectivity index (χ0v) is 12.0. The Balaban J connectivity index is 2.06. The van der Waals surface area contributed by atoms with Crippen molar-refractivity contribution in [2.75, 3.05) is 0 Å². The predicted molar refractivity (Wildman–Crippen MR) is 77.2 cm³/mol. The Morgan fingerprint density at radius 2 is 2.11 bits per heavy atom. The highest BCUT2D eigenvalue weighted by Gasteiger charge is 2.18. The molecule has 1 unspecified atom stereocenters. The third-order valence-electron chi connectivity index (χ3n) is 2.51. The fraction of sp³-hybridized carbons (Fsp3) is 0.154. The normalized spacial score (nSPS) is 12.3. The standard InChI is InChI=1S/C13H13BrN2OS/c14-10-6-11(18-8-10)12(13(15)17)16-7-9-4-2-1-3-5-9/h1-6,8,12,16H,7H2,(H2,15,17). The molecule has 94 valence electrons. The van der Waals surface area contributed by atoms with Gasteiger partial charge in [0.05, 0.1) is 0 Å². The number of nitrogens with one attached hydrogen (secondary N) is 1. The van der Waals surface area contributed by atoms with Crippen LogP contribution in [0.5, 0.6) is 0 Å². The van der Waals surface area contributed by atoms with Crippen LogP contribution in [0, 0.1) is 0 Å². The van der Waals surface area contributed by atoms with E-state index in [1.165, 1.54) is 11.3 Å². The second kappa shape index (κ2) is 6.13. The average Bonchev–Trinajstić information content (AvgIpc) is 2.77. The van der Waals surface area contributed by atoms with Gasteiger partial charge < -0.3 is 5.73 Å². The number of halogens is 1. The van der Waals surface area contributed by atoms with E-state index in [1.54, 1.807) is 0 Å². The van der Waals surface area contributed by atoms with Gasteiger partial charge in [0.2, 0.25) is 5.91 Å². The molecule has 5 heteroatoms. The van der Waals surface area contributed by atoms with E-state index in [4.69, 9.17) is 5.73 Å². The Labute approximate surface area is 118 Å². The van der Waals surface area contributed by atoms with E-state index in [0.717, 1.165) is 14.9 Å². The lowest BCUT2D eigenvalue weighted by Gasteiger charge is -2.13. The summed E-state index contributed by atoms with van der Waals surface area (Å²) in [5, 5.41) is 5.12. The molecule has 0 aliphatic rings. The lowest BCUT2D eigenvalue weighted by atomic mass is 10.2. The number of hydrogen-bond donors (Lipinski definition) is 2. The minimum atomic E-state index is -0.443. The lowest BCUT2D eigenvalue weighted by Crippen LogP contribution is -2.32. The molecule has 2 aromatic rings. The average molecular weight is 325 g/mol. The van der Waals surface area contributed by atoms with Crippen LogP contribution >= 0.6 is 27.3 Å². The van der Waals surface area contributed by atoms with E-state index in [9.17, 15) is 4.79 Å². The lowest BCUT2D eigenvalue weighted by molar-refractivity contribution is -0.120. The van der Waals surface area contributed by atoms with Gasteiger partial charge in [0.25, 0.3) is 0 Å². The number of benzene rings is 1. The Morgan fingerprint density at radius 3 is 2.67 bits per heavy atom. The molecule has 2 rings (SSSR count). The molecule has 0 spiro atoms. The van der Waals surface area contributed by atoms with Crippen molar-refractivity contribution in [1.82, 2.24) is 5.32 Å². The Hall–Kier alpha value is -1.17. The maximum atomic E-state index is 11.5. The Morgan fingerprint density at radius 1 is 1.39 bits per heavy atom. The SMILES string of the molecule is NC(=O)C(NCc1ccccc1)c1cc(Br)cs1. The maximum absolute atomic E-state index is 11.5. The van der Waals surface area contributed by atoms with Crippen LogP contribution in [0.4, 0.5) is 0 Å². The highest BCUT2D eigenvalue weighted by atomic mass is 79.9. The molecule has 0 saturated heterocycles. The smallest absolute Gasteiger partial charge is 0.240 e. The molecule has 3 N–H and O–H groups in total. The summed E-state index contributed by atoms with van der Waals surface area (Å²) in [6.45, 7) is 0.615. The van der Waals surface area contributed by atoms with E-state index in [-0.39, 0.29) is 5.91 Å². The van der Waals surface area contributed by atoms with Crippen LogP contribution in [0.15, 0.2) is 46.3 Å². The maximum Gasteiger partial charge on any atom is 0.240 e. The predicted octanol–water partition coefficient (Wildman–Crippen LogP) is 2.83. The monoisotopic (exact) mass is 324 g/mol. The van der Waals surface area contributed by atoms with Gasteiger partial charge in [0, 0.05) is 21.3 Å². The molecule has 0 aliphatic heterocycles. The van der Waals surface area contributed by atoms with E-state index < -0.39 is 6.04 Å². The highest BCUT2D eigenvalue weighted by Crippen LogP contribution is 2.25. The van der Waals surface area contributed by atoms with Gasteiger partial charge >= 0.3 is 0 Å². The molecule has 1 heterocycles. The van der Waals surface area contributed by atoms with Gasteiger partial charge in [-0.1, -0.05) is 30.3 Å². The molecule has 1 atom stereocenters. The summed E-state index contributed by atoms with van der Waals surface area (Å²) in [5.41, 5.74) is 6.56. The second-order valence-electron chi connectivity index (χ2n) is 3.87. The van der Waals surface area contributed by atoms with E-state index in [2.05, 4.69) is 21.2 Å². The number of rotatable bonds is 5. The van der Waals surface area contributed by atoms with Gasteiger partial charge in [-0.2, -0.15) is 0 Å². The molecule has 0 aliphatic carbocycles. The van der Waals surface area contributed by atoms with Gasteiger partial charge in [-0.05, 0) is 27.6 Å². The number of hydrogen-bond acceptors (Lipinski definition) is 3. The minimum absolute atomic E-state index is 0.361. The summed E-state index contributed by atoms with van der Waals surface area (Å²) < 4.78 is 0.968. The van der Waals surface area contributed by atoms with Crippen LogP contribution in [0.25, 0.3) is 0 Å². The van der Waals surface area contributed by atoms with Crippen LogP contribution in [0.2, 0.25) is 0 Å². The highest BCUT2D eigenvalue weighted by molar-refractivity contribution is 9.10. The Bertz CT molecular complexity index is 527. The van der Waals surface area contributed by atoms with Crippen LogP contribution in [0.1, 0.15) is 16.5 Å². The molecule has 1 aromatic carbocycles. The Kier molecular flexibility index (Phi) is 4.52. The first-order valence-electron chi connectivity index (χ1n) is 5.47. The van der Waals surface area contributed by atoms with Crippen LogP contribution in [0.3, 0.4) is 0 Å². The number of carbonyl (C=O) groups is 1. The fourth-order valence-corrected chi connectivity index (χ4v) is 3.16.